The number of amides is 1. The molecule has 0 atom stereocenters. The van der Waals surface area contributed by atoms with Crippen molar-refractivity contribution in [1.29, 1.82) is 0 Å². The number of nitrogens with one attached hydrogen (secondary N) is 1. The number of pyridine rings is 1. The van der Waals surface area contributed by atoms with Crippen LogP contribution in [-0.4, -0.2) is 31.2 Å². The normalized spacial score (nSPS) is 10.8. The molecule has 3 aromatic heterocycles. The minimum atomic E-state index is -0.356. The van der Waals surface area contributed by atoms with E-state index >= 15 is 0 Å². The molecular formula is C13H11N5O2S2. The van der Waals surface area contributed by atoms with Crippen LogP contribution in [0.2, 0.25) is 0 Å². The Morgan fingerprint density at radius 3 is 3.09 bits per heavy atom. The smallest absolute Gasteiger partial charge is 0.295 e. The molecule has 0 fully saturated rings. The van der Waals surface area contributed by atoms with Gasteiger partial charge in [-0.25, -0.2) is 4.98 Å². The van der Waals surface area contributed by atoms with Gasteiger partial charge in [0.25, 0.3) is 5.56 Å². The van der Waals surface area contributed by atoms with E-state index in [9.17, 15) is 9.59 Å². The molecular weight excluding hydrogens is 322 g/mol. The van der Waals surface area contributed by atoms with Crippen LogP contribution in [0.3, 0.4) is 0 Å². The Balaban J connectivity index is 1.71. The third-order valence-electron chi connectivity index (χ3n) is 2.70. The Labute approximate surface area is 133 Å². The molecule has 112 valence electrons. The fourth-order valence-electron chi connectivity index (χ4n) is 1.68. The number of thioether (sulfide) groups is 1. The minimum Gasteiger partial charge on any atom is -0.309 e. The molecule has 7 nitrogen and oxygen atoms in total. The zero-order valence-electron chi connectivity index (χ0n) is 11.5. The van der Waals surface area contributed by atoms with Crippen molar-refractivity contribution in [3.63, 3.8) is 0 Å². The van der Waals surface area contributed by atoms with Crippen LogP contribution in [0.1, 0.15) is 5.69 Å². The minimum absolute atomic E-state index is 0.173. The quantitative estimate of drug-likeness (QED) is 0.729. The highest BCUT2D eigenvalue weighted by molar-refractivity contribution is 7.99. The maximum atomic E-state index is 12.0. The van der Waals surface area contributed by atoms with Crippen LogP contribution in [0.25, 0.3) is 4.96 Å². The molecule has 0 spiro atoms. The first-order valence-electron chi connectivity index (χ1n) is 6.32. The van der Waals surface area contributed by atoms with Gasteiger partial charge in [-0.05, 0) is 19.1 Å². The highest BCUT2D eigenvalue weighted by Gasteiger charge is 2.11. The predicted molar refractivity (Wildman–Crippen MR) is 85.5 cm³/mol. The van der Waals surface area contributed by atoms with Crippen molar-refractivity contribution >= 4 is 39.8 Å². The Hall–Kier alpha value is -2.26. The standard InChI is InChI=1S/C13H11N5O2S2/c1-8-12(20)16-13-18(17-8)9(6-22-13)15-10(19)7-21-11-4-2-3-5-14-11/h2-6H,7H2,1H3,(H,15,19). The fraction of sp³-hybridized carbons (Fsp3) is 0.154. The molecule has 0 radical (unpaired) electrons. The van der Waals surface area contributed by atoms with Gasteiger partial charge >= 0.3 is 0 Å². The van der Waals surface area contributed by atoms with Gasteiger partial charge in [0, 0.05) is 11.6 Å². The molecule has 0 unspecified atom stereocenters. The van der Waals surface area contributed by atoms with Crippen molar-refractivity contribution in [3.8, 4) is 0 Å². The first-order valence-corrected chi connectivity index (χ1v) is 8.19. The molecule has 9 heteroatoms. The van der Waals surface area contributed by atoms with Gasteiger partial charge in [0.2, 0.25) is 10.9 Å². The average Bonchev–Trinajstić information content (AvgIpc) is 2.89. The number of fused-ring (bicyclic) bond motifs is 1. The zero-order chi connectivity index (χ0) is 15.5. The first-order chi connectivity index (χ1) is 10.6. The Kier molecular flexibility index (Phi) is 4.16. The number of anilines is 1. The van der Waals surface area contributed by atoms with E-state index in [2.05, 4.69) is 20.4 Å². The van der Waals surface area contributed by atoms with Gasteiger partial charge in [-0.2, -0.15) is 14.6 Å². The van der Waals surface area contributed by atoms with Crippen molar-refractivity contribution in [2.24, 2.45) is 0 Å². The number of carbonyl (C=O) groups excluding carboxylic acids is 1. The molecule has 3 aromatic rings. The summed E-state index contributed by atoms with van der Waals surface area (Å²) in [6, 6.07) is 5.54. The van der Waals surface area contributed by atoms with Gasteiger partial charge in [0.15, 0.2) is 0 Å². The molecule has 0 aliphatic rings. The second-order valence-electron chi connectivity index (χ2n) is 4.32. The van der Waals surface area contributed by atoms with Gasteiger partial charge in [0.1, 0.15) is 11.5 Å². The molecule has 0 saturated heterocycles. The molecule has 0 aromatic carbocycles. The van der Waals surface area contributed by atoms with Crippen LogP contribution in [0.4, 0.5) is 5.82 Å². The van der Waals surface area contributed by atoms with E-state index in [1.54, 1.807) is 18.5 Å². The summed E-state index contributed by atoms with van der Waals surface area (Å²) in [7, 11) is 0. The van der Waals surface area contributed by atoms with Gasteiger partial charge < -0.3 is 5.32 Å². The molecule has 1 amide bonds. The van der Waals surface area contributed by atoms with Crippen LogP contribution in [-0.2, 0) is 4.79 Å². The van der Waals surface area contributed by atoms with Crippen molar-refractivity contribution in [1.82, 2.24) is 19.6 Å². The highest BCUT2D eigenvalue weighted by atomic mass is 32.2. The molecule has 0 aliphatic carbocycles. The molecule has 3 heterocycles. The fourth-order valence-corrected chi connectivity index (χ4v) is 3.09. The summed E-state index contributed by atoms with van der Waals surface area (Å²) in [6.07, 6.45) is 1.68. The third kappa shape index (κ3) is 3.15. The molecule has 0 aliphatic heterocycles. The predicted octanol–water partition coefficient (Wildman–Crippen LogP) is 1.59. The number of hydrogen-bond acceptors (Lipinski definition) is 7. The number of aromatic nitrogens is 4. The van der Waals surface area contributed by atoms with E-state index in [1.165, 1.54) is 27.6 Å². The SMILES string of the molecule is Cc1nn2c(NC(=O)CSc3ccccn3)csc2nc1=O. The molecule has 3 rings (SSSR count). The van der Waals surface area contributed by atoms with E-state index in [0.29, 0.717) is 10.8 Å². The number of thiazole rings is 1. The lowest BCUT2D eigenvalue weighted by atomic mass is 10.5. The van der Waals surface area contributed by atoms with Gasteiger partial charge in [-0.1, -0.05) is 17.8 Å². The lowest BCUT2D eigenvalue weighted by molar-refractivity contribution is -0.113. The van der Waals surface area contributed by atoms with Gasteiger partial charge in [-0.3, -0.25) is 9.59 Å². The zero-order valence-corrected chi connectivity index (χ0v) is 13.1. The van der Waals surface area contributed by atoms with Crippen LogP contribution in [0, 0.1) is 6.92 Å². The Bertz CT molecular complexity index is 875. The molecule has 1 N–H and O–H groups in total. The van der Waals surface area contributed by atoms with Crippen LogP contribution in [0.5, 0.6) is 0 Å². The summed E-state index contributed by atoms with van der Waals surface area (Å²) in [5.41, 5.74) is -0.0697. The monoisotopic (exact) mass is 333 g/mol. The summed E-state index contributed by atoms with van der Waals surface area (Å²) in [5, 5.41) is 9.38. The Morgan fingerprint density at radius 1 is 1.45 bits per heavy atom. The van der Waals surface area contributed by atoms with E-state index in [-0.39, 0.29) is 22.9 Å². The van der Waals surface area contributed by atoms with E-state index in [1.807, 2.05) is 18.2 Å². The van der Waals surface area contributed by atoms with Gasteiger partial charge in [0.05, 0.1) is 10.8 Å². The number of carbonyl (C=O) groups is 1. The van der Waals surface area contributed by atoms with Crippen LogP contribution in [0.15, 0.2) is 39.6 Å². The Morgan fingerprint density at radius 2 is 2.32 bits per heavy atom. The average molecular weight is 333 g/mol. The summed E-state index contributed by atoms with van der Waals surface area (Å²) >= 11 is 2.60. The van der Waals surface area contributed by atoms with Gasteiger partial charge in [-0.15, -0.1) is 11.3 Å². The van der Waals surface area contributed by atoms with Crippen molar-refractivity contribution < 1.29 is 4.79 Å². The maximum absolute atomic E-state index is 12.0. The van der Waals surface area contributed by atoms with Crippen molar-refractivity contribution in [3.05, 3.63) is 45.8 Å². The maximum Gasteiger partial charge on any atom is 0.295 e. The second-order valence-corrected chi connectivity index (χ2v) is 6.15. The van der Waals surface area contributed by atoms with Crippen molar-refractivity contribution in [2.45, 2.75) is 11.9 Å². The lowest BCUT2D eigenvalue weighted by Gasteiger charge is -2.04. The topological polar surface area (TPSA) is 89.2 Å². The molecule has 0 bridgehead atoms. The third-order valence-corrected chi connectivity index (χ3v) is 4.46. The number of aryl methyl sites for hydroxylation is 1. The van der Waals surface area contributed by atoms with Crippen LogP contribution < -0.4 is 10.9 Å². The summed E-state index contributed by atoms with van der Waals surface area (Å²) < 4.78 is 1.46. The van der Waals surface area contributed by atoms with Crippen LogP contribution >= 0.6 is 23.1 Å². The molecule has 22 heavy (non-hydrogen) atoms. The van der Waals surface area contributed by atoms with E-state index in [0.717, 1.165) is 5.03 Å². The number of hydrogen-bond donors (Lipinski definition) is 1. The largest absolute Gasteiger partial charge is 0.309 e. The lowest BCUT2D eigenvalue weighted by Crippen LogP contribution is -2.19. The second kappa shape index (κ2) is 6.24. The first kappa shape index (κ1) is 14.7. The number of rotatable bonds is 4. The highest BCUT2D eigenvalue weighted by Crippen LogP contribution is 2.18. The molecule has 0 saturated carbocycles. The van der Waals surface area contributed by atoms with E-state index < -0.39 is 0 Å². The number of nitrogens with zero attached hydrogens (tertiary/aromatic N) is 4. The summed E-state index contributed by atoms with van der Waals surface area (Å²) in [4.78, 5) is 31.9. The van der Waals surface area contributed by atoms with E-state index in [4.69, 9.17) is 0 Å². The summed E-state index contributed by atoms with van der Waals surface area (Å²) in [6.45, 7) is 1.59. The summed E-state index contributed by atoms with van der Waals surface area (Å²) in [5.74, 6) is 0.566. The van der Waals surface area contributed by atoms with Crippen molar-refractivity contribution in [2.75, 3.05) is 11.1 Å².